The third kappa shape index (κ3) is 2.92. The van der Waals surface area contributed by atoms with Gasteiger partial charge >= 0.3 is 5.97 Å². The van der Waals surface area contributed by atoms with Crippen LogP contribution in [0.25, 0.3) is 0 Å². The Hall–Kier alpha value is -2.76. The molecule has 2 heterocycles. The third-order valence-electron chi connectivity index (χ3n) is 4.20. The molecule has 1 aliphatic rings. The van der Waals surface area contributed by atoms with Gasteiger partial charge in [0.2, 0.25) is 0 Å². The summed E-state index contributed by atoms with van der Waals surface area (Å²) in [5.74, 6) is -1.14. The van der Waals surface area contributed by atoms with Crippen molar-refractivity contribution in [3.05, 3.63) is 54.0 Å². The van der Waals surface area contributed by atoms with Crippen molar-refractivity contribution in [2.75, 3.05) is 20.2 Å². The van der Waals surface area contributed by atoms with Gasteiger partial charge in [0.1, 0.15) is 5.75 Å². The average molecular weight is 315 g/mol. The summed E-state index contributed by atoms with van der Waals surface area (Å²) in [6.45, 7) is 0.522. The zero-order valence-electron chi connectivity index (χ0n) is 12.6. The summed E-state index contributed by atoms with van der Waals surface area (Å²) in [5.41, 5.74) is 0.882. The van der Waals surface area contributed by atoms with Gasteiger partial charge in [-0.3, -0.25) is 9.59 Å². The van der Waals surface area contributed by atoms with E-state index < -0.39 is 11.9 Å². The Balaban J connectivity index is 1.83. The minimum atomic E-state index is -0.902. The number of methoxy groups -OCH3 is 1. The van der Waals surface area contributed by atoms with Crippen LogP contribution < -0.4 is 4.74 Å². The Morgan fingerprint density at radius 2 is 1.96 bits per heavy atom. The average Bonchev–Trinajstić information content (AvgIpc) is 3.24. The maximum atomic E-state index is 12.4. The fourth-order valence-electron chi connectivity index (χ4n) is 2.96. The third-order valence-corrected chi connectivity index (χ3v) is 4.20. The highest BCUT2D eigenvalue weighted by molar-refractivity contribution is 5.92. The molecule has 1 aromatic heterocycles. The number of rotatable bonds is 4. The van der Waals surface area contributed by atoms with Gasteiger partial charge in [-0.05, 0) is 29.8 Å². The molecule has 1 saturated heterocycles. The van der Waals surface area contributed by atoms with Crippen molar-refractivity contribution >= 4 is 11.9 Å². The SMILES string of the molecule is COc1ccc([C@@H]2CN(C(=O)c3ccco3)C[C@H]2C(=O)O)cc1. The number of amides is 1. The van der Waals surface area contributed by atoms with Crippen LogP contribution in [-0.4, -0.2) is 42.1 Å². The van der Waals surface area contributed by atoms with Gasteiger partial charge in [-0.2, -0.15) is 0 Å². The molecule has 0 saturated carbocycles. The molecule has 23 heavy (non-hydrogen) atoms. The van der Waals surface area contributed by atoms with Gasteiger partial charge in [-0.25, -0.2) is 0 Å². The van der Waals surface area contributed by atoms with Crippen LogP contribution in [0.3, 0.4) is 0 Å². The molecule has 2 atom stereocenters. The minimum absolute atomic E-state index is 0.172. The number of nitrogens with zero attached hydrogens (tertiary/aromatic N) is 1. The van der Waals surface area contributed by atoms with Crippen LogP contribution in [0, 0.1) is 5.92 Å². The van der Waals surface area contributed by atoms with Gasteiger partial charge in [-0.15, -0.1) is 0 Å². The molecule has 0 aliphatic carbocycles. The summed E-state index contributed by atoms with van der Waals surface area (Å²) in [5, 5.41) is 9.49. The maximum Gasteiger partial charge on any atom is 0.308 e. The highest BCUT2D eigenvalue weighted by atomic mass is 16.5. The summed E-state index contributed by atoms with van der Waals surface area (Å²) in [7, 11) is 1.58. The first-order chi connectivity index (χ1) is 11.1. The van der Waals surface area contributed by atoms with Gasteiger partial charge < -0.3 is 19.2 Å². The standard InChI is InChI=1S/C17H17NO5/c1-22-12-6-4-11(5-7-12)13-9-18(10-14(13)17(20)21)16(19)15-3-2-8-23-15/h2-8,13-14H,9-10H2,1H3,(H,20,21)/t13-,14+/m0/s1. The minimum Gasteiger partial charge on any atom is -0.497 e. The first-order valence-electron chi connectivity index (χ1n) is 7.29. The largest absolute Gasteiger partial charge is 0.497 e. The van der Waals surface area contributed by atoms with Crippen LogP contribution in [0.5, 0.6) is 5.75 Å². The van der Waals surface area contributed by atoms with Gasteiger partial charge in [0.15, 0.2) is 5.76 Å². The van der Waals surface area contributed by atoms with Crippen LogP contribution in [0.1, 0.15) is 22.0 Å². The lowest BCUT2D eigenvalue weighted by Gasteiger charge is -2.15. The van der Waals surface area contributed by atoms with Gasteiger partial charge in [0.05, 0.1) is 19.3 Å². The summed E-state index contributed by atoms with van der Waals surface area (Å²) >= 11 is 0. The number of aliphatic carboxylic acids is 1. The number of ether oxygens (including phenoxy) is 1. The molecule has 0 spiro atoms. The Morgan fingerprint density at radius 3 is 2.52 bits per heavy atom. The fraction of sp³-hybridized carbons (Fsp3) is 0.294. The van der Waals surface area contributed by atoms with E-state index in [1.165, 1.54) is 11.2 Å². The summed E-state index contributed by atoms with van der Waals surface area (Å²) in [6, 6.07) is 10.5. The molecule has 2 aromatic rings. The first kappa shape index (κ1) is 15.1. The molecule has 1 N–H and O–H groups in total. The van der Waals surface area contributed by atoms with Gasteiger partial charge in [-0.1, -0.05) is 12.1 Å². The lowest BCUT2D eigenvalue weighted by molar-refractivity contribution is -0.141. The predicted molar refractivity (Wildman–Crippen MR) is 81.5 cm³/mol. The zero-order chi connectivity index (χ0) is 16.4. The Bertz CT molecular complexity index is 692. The van der Waals surface area contributed by atoms with Crippen molar-refractivity contribution in [1.82, 2.24) is 4.90 Å². The van der Waals surface area contributed by atoms with Crippen LogP contribution in [-0.2, 0) is 4.79 Å². The second kappa shape index (κ2) is 6.16. The monoisotopic (exact) mass is 315 g/mol. The van der Waals surface area contributed by atoms with Crippen molar-refractivity contribution in [2.24, 2.45) is 5.92 Å². The quantitative estimate of drug-likeness (QED) is 0.936. The molecule has 1 amide bonds. The second-order valence-electron chi connectivity index (χ2n) is 5.51. The highest BCUT2D eigenvalue weighted by Crippen LogP contribution is 2.34. The van der Waals surface area contributed by atoms with Gasteiger partial charge in [0, 0.05) is 19.0 Å². The summed E-state index contributed by atoms with van der Waals surface area (Å²) in [4.78, 5) is 25.5. The maximum absolute atomic E-state index is 12.4. The van der Waals surface area contributed by atoms with E-state index in [1.807, 2.05) is 12.1 Å². The molecule has 6 nitrogen and oxygen atoms in total. The Labute approximate surface area is 133 Å². The number of hydrogen-bond donors (Lipinski definition) is 1. The number of benzene rings is 1. The van der Waals surface area contributed by atoms with E-state index >= 15 is 0 Å². The van der Waals surface area contributed by atoms with Crippen LogP contribution in [0.2, 0.25) is 0 Å². The predicted octanol–water partition coefficient (Wildman–Crippen LogP) is 2.23. The molecule has 0 bridgehead atoms. The van der Waals surface area contributed by atoms with Gasteiger partial charge in [0.25, 0.3) is 5.91 Å². The van der Waals surface area contributed by atoms with Crippen molar-refractivity contribution in [3.63, 3.8) is 0 Å². The number of furan rings is 1. The number of likely N-dealkylation sites (tertiary alicyclic amines) is 1. The second-order valence-corrected chi connectivity index (χ2v) is 5.51. The summed E-state index contributed by atoms with van der Waals surface area (Å²) < 4.78 is 10.2. The van der Waals surface area contributed by atoms with E-state index in [0.717, 1.165) is 5.56 Å². The smallest absolute Gasteiger partial charge is 0.308 e. The normalized spacial score (nSPS) is 20.5. The van der Waals surface area contributed by atoms with E-state index in [2.05, 4.69) is 0 Å². The number of carboxylic acid groups (broad SMARTS) is 1. The topological polar surface area (TPSA) is 80.0 Å². The Kier molecular flexibility index (Phi) is 4.06. The van der Waals surface area contributed by atoms with Crippen molar-refractivity contribution in [3.8, 4) is 5.75 Å². The van der Waals surface area contributed by atoms with E-state index in [-0.39, 0.29) is 24.1 Å². The molecule has 6 heteroatoms. The zero-order valence-corrected chi connectivity index (χ0v) is 12.6. The first-order valence-corrected chi connectivity index (χ1v) is 7.29. The van der Waals surface area contributed by atoms with Crippen molar-refractivity contribution < 1.29 is 23.8 Å². The van der Waals surface area contributed by atoms with Crippen molar-refractivity contribution in [1.29, 1.82) is 0 Å². The molecule has 1 aliphatic heterocycles. The molecule has 1 aromatic carbocycles. The highest BCUT2D eigenvalue weighted by Gasteiger charge is 2.41. The van der Waals surface area contributed by atoms with Crippen molar-refractivity contribution in [2.45, 2.75) is 5.92 Å². The number of carbonyl (C=O) groups is 2. The molecule has 0 unspecified atom stereocenters. The van der Waals surface area contributed by atoms with E-state index in [1.54, 1.807) is 31.4 Å². The molecular weight excluding hydrogens is 298 g/mol. The van der Waals surface area contributed by atoms with Crippen LogP contribution >= 0.6 is 0 Å². The van der Waals surface area contributed by atoms with E-state index in [9.17, 15) is 14.7 Å². The lowest BCUT2D eigenvalue weighted by atomic mass is 9.89. The van der Waals surface area contributed by atoms with Crippen LogP contribution in [0.4, 0.5) is 0 Å². The molecule has 0 radical (unpaired) electrons. The fourth-order valence-corrected chi connectivity index (χ4v) is 2.96. The number of carbonyl (C=O) groups excluding carboxylic acids is 1. The van der Waals surface area contributed by atoms with Crippen LogP contribution in [0.15, 0.2) is 47.1 Å². The Morgan fingerprint density at radius 1 is 1.22 bits per heavy atom. The number of hydrogen-bond acceptors (Lipinski definition) is 4. The summed E-state index contributed by atoms with van der Waals surface area (Å²) in [6.07, 6.45) is 1.43. The number of carboxylic acids is 1. The van der Waals surface area contributed by atoms with E-state index in [4.69, 9.17) is 9.15 Å². The molecular formula is C17H17NO5. The lowest BCUT2D eigenvalue weighted by Crippen LogP contribution is -2.29. The van der Waals surface area contributed by atoms with E-state index in [0.29, 0.717) is 12.3 Å². The molecule has 3 rings (SSSR count). The molecule has 120 valence electrons. The molecule has 1 fully saturated rings.